The fourth-order valence-electron chi connectivity index (χ4n) is 2.83. The molecule has 1 unspecified atom stereocenters. The minimum atomic E-state index is -1.12. The highest BCUT2D eigenvalue weighted by Crippen LogP contribution is 2.31. The maximum absolute atomic E-state index is 12.5. The zero-order valence-corrected chi connectivity index (χ0v) is 12.4. The number of fused-ring (bicyclic) bond motifs is 1. The molecule has 1 aromatic carbocycles. The standard InChI is InChI=1S/C16H16N2O5/c1-10-11-4-2-3-5-12(11)15(20)18(10)8-14(19)17-6-7-23-9-13(17)16(21)22/h2-5,13H,1,6-9H2,(H,21,22). The van der Waals surface area contributed by atoms with Gasteiger partial charge in [0.2, 0.25) is 5.91 Å². The fraction of sp³-hybridized carbons (Fsp3) is 0.312. The van der Waals surface area contributed by atoms with Crippen LogP contribution in [0, 0.1) is 0 Å². The summed E-state index contributed by atoms with van der Waals surface area (Å²) in [5.74, 6) is -1.84. The number of carbonyl (C=O) groups is 3. The number of carboxylic acid groups (broad SMARTS) is 1. The highest BCUT2D eigenvalue weighted by Gasteiger charge is 2.37. The molecule has 0 radical (unpaired) electrons. The van der Waals surface area contributed by atoms with Gasteiger partial charge in [-0.2, -0.15) is 0 Å². The second kappa shape index (κ2) is 5.85. The van der Waals surface area contributed by atoms with E-state index in [0.29, 0.717) is 16.8 Å². The van der Waals surface area contributed by atoms with Crippen LogP contribution in [0.1, 0.15) is 15.9 Å². The molecule has 23 heavy (non-hydrogen) atoms. The van der Waals surface area contributed by atoms with E-state index in [2.05, 4.69) is 6.58 Å². The van der Waals surface area contributed by atoms with E-state index in [4.69, 9.17) is 4.74 Å². The van der Waals surface area contributed by atoms with Gasteiger partial charge in [-0.3, -0.25) is 14.5 Å². The van der Waals surface area contributed by atoms with Crippen molar-refractivity contribution in [2.75, 3.05) is 26.3 Å². The first kappa shape index (κ1) is 15.2. The van der Waals surface area contributed by atoms with Crippen LogP contribution in [0.2, 0.25) is 0 Å². The van der Waals surface area contributed by atoms with Gasteiger partial charge in [0.15, 0.2) is 6.04 Å². The molecule has 1 atom stereocenters. The van der Waals surface area contributed by atoms with Crippen LogP contribution in [0.15, 0.2) is 30.8 Å². The van der Waals surface area contributed by atoms with Crippen LogP contribution in [0.4, 0.5) is 0 Å². The molecule has 2 amide bonds. The van der Waals surface area contributed by atoms with E-state index >= 15 is 0 Å². The van der Waals surface area contributed by atoms with Gasteiger partial charge in [0, 0.05) is 23.4 Å². The fourth-order valence-corrected chi connectivity index (χ4v) is 2.83. The monoisotopic (exact) mass is 316 g/mol. The number of hydrogen-bond donors (Lipinski definition) is 1. The molecule has 1 fully saturated rings. The number of ether oxygens (including phenoxy) is 1. The highest BCUT2D eigenvalue weighted by molar-refractivity contribution is 6.10. The lowest BCUT2D eigenvalue weighted by molar-refractivity contribution is -0.158. The number of nitrogens with zero attached hydrogens (tertiary/aromatic N) is 2. The average molecular weight is 316 g/mol. The van der Waals surface area contributed by atoms with Gasteiger partial charge in [0.25, 0.3) is 5.91 Å². The lowest BCUT2D eigenvalue weighted by atomic mass is 10.1. The molecule has 7 heteroatoms. The molecule has 7 nitrogen and oxygen atoms in total. The molecule has 2 aliphatic heterocycles. The lowest BCUT2D eigenvalue weighted by Crippen LogP contribution is -2.54. The number of rotatable bonds is 3. The van der Waals surface area contributed by atoms with E-state index in [-0.39, 0.29) is 32.2 Å². The summed E-state index contributed by atoms with van der Waals surface area (Å²) in [6.45, 7) is 4.08. The third-order valence-corrected chi connectivity index (χ3v) is 4.07. The van der Waals surface area contributed by atoms with Crippen molar-refractivity contribution in [3.63, 3.8) is 0 Å². The largest absolute Gasteiger partial charge is 0.480 e. The number of carboxylic acids is 1. The number of amides is 2. The van der Waals surface area contributed by atoms with Crippen molar-refractivity contribution in [2.24, 2.45) is 0 Å². The Bertz CT molecular complexity index is 664. The van der Waals surface area contributed by atoms with E-state index in [1.807, 2.05) is 0 Å². The third-order valence-electron chi connectivity index (χ3n) is 4.07. The predicted octanol–water partition coefficient (Wildman–Crippen LogP) is 0.425. The molecule has 0 aliphatic carbocycles. The van der Waals surface area contributed by atoms with Crippen molar-refractivity contribution in [1.29, 1.82) is 0 Å². The summed E-state index contributed by atoms with van der Waals surface area (Å²) in [6, 6.07) is 5.98. The molecule has 3 rings (SSSR count). The number of aliphatic carboxylic acids is 1. The van der Waals surface area contributed by atoms with Crippen LogP contribution < -0.4 is 0 Å². The molecule has 1 N–H and O–H groups in total. The summed E-state index contributed by atoms with van der Waals surface area (Å²) in [4.78, 5) is 38.7. The van der Waals surface area contributed by atoms with Crippen LogP contribution in [0.25, 0.3) is 5.70 Å². The molecule has 0 saturated carbocycles. The Morgan fingerprint density at radius 2 is 2.00 bits per heavy atom. The van der Waals surface area contributed by atoms with Gasteiger partial charge in [-0.15, -0.1) is 0 Å². The van der Waals surface area contributed by atoms with Gasteiger partial charge in [-0.05, 0) is 6.07 Å². The van der Waals surface area contributed by atoms with Gasteiger partial charge in [0.1, 0.15) is 6.54 Å². The Morgan fingerprint density at radius 3 is 2.65 bits per heavy atom. The average Bonchev–Trinajstić information content (AvgIpc) is 2.80. The van der Waals surface area contributed by atoms with Crippen LogP contribution in [-0.4, -0.2) is 65.0 Å². The number of morpholine rings is 1. The minimum absolute atomic E-state index is 0.0454. The smallest absolute Gasteiger partial charge is 0.328 e. The topological polar surface area (TPSA) is 87.2 Å². The third kappa shape index (κ3) is 2.59. The molecule has 1 aromatic rings. The van der Waals surface area contributed by atoms with Crippen LogP contribution in [0.3, 0.4) is 0 Å². The molecule has 0 bridgehead atoms. The van der Waals surface area contributed by atoms with Gasteiger partial charge in [0.05, 0.1) is 13.2 Å². The molecule has 1 saturated heterocycles. The normalized spacial score (nSPS) is 20.6. The zero-order chi connectivity index (χ0) is 16.6. The van der Waals surface area contributed by atoms with E-state index in [9.17, 15) is 19.5 Å². The van der Waals surface area contributed by atoms with Gasteiger partial charge in [-0.25, -0.2) is 4.79 Å². The summed E-state index contributed by atoms with van der Waals surface area (Å²) >= 11 is 0. The maximum atomic E-state index is 12.5. The van der Waals surface area contributed by atoms with Gasteiger partial charge >= 0.3 is 5.97 Å². The quantitative estimate of drug-likeness (QED) is 0.873. The highest BCUT2D eigenvalue weighted by atomic mass is 16.5. The second-order valence-electron chi connectivity index (χ2n) is 5.40. The Hall–Kier alpha value is -2.67. The van der Waals surface area contributed by atoms with E-state index in [1.165, 1.54) is 9.80 Å². The van der Waals surface area contributed by atoms with Crippen LogP contribution in [0.5, 0.6) is 0 Å². The maximum Gasteiger partial charge on any atom is 0.328 e. The van der Waals surface area contributed by atoms with Crippen LogP contribution >= 0.6 is 0 Å². The first-order valence-corrected chi connectivity index (χ1v) is 7.21. The van der Waals surface area contributed by atoms with Crippen molar-refractivity contribution in [2.45, 2.75) is 6.04 Å². The number of carbonyl (C=O) groups excluding carboxylic acids is 2. The van der Waals surface area contributed by atoms with E-state index in [1.54, 1.807) is 24.3 Å². The van der Waals surface area contributed by atoms with Crippen molar-refractivity contribution >= 4 is 23.5 Å². The molecule has 2 heterocycles. The van der Waals surface area contributed by atoms with Gasteiger partial charge < -0.3 is 14.7 Å². The molecule has 0 spiro atoms. The van der Waals surface area contributed by atoms with Crippen molar-refractivity contribution in [1.82, 2.24) is 9.80 Å². The summed E-state index contributed by atoms with van der Waals surface area (Å²) < 4.78 is 5.11. The number of benzene rings is 1. The number of hydrogen-bond acceptors (Lipinski definition) is 4. The first-order valence-electron chi connectivity index (χ1n) is 7.21. The minimum Gasteiger partial charge on any atom is -0.480 e. The Labute approximate surface area is 132 Å². The summed E-state index contributed by atoms with van der Waals surface area (Å²) in [5.41, 5.74) is 1.66. The second-order valence-corrected chi connectivity index (χ2v) is 5.40. The molecular weight excluding hydrogens is 300 g/mol. The molecule has 120 valence electrons. The zero-order valence-electron chi connectivity index (χ0n) is 12.4. The lowest BCUT2D eigenvalue weighted by Gasteiger charge is -2.34. The Balaban J connectivity index is 1.77. The molecular formula is C16H16N2O5. The summed E-state index contributed by atoms with van der Waals surface area (Å²) in [5, 5.41) is 9.19. The summed E-state index contributed by atoms with van der Waals surface area (Å²) in [6.07, 6.45) is 0. The molecule has 2 aliphatic rings. The van der Waals surface area contributed by atoms with E-state index in [0.717, 1.165) is 0 Å². The van der Waals surface area contributed by atoms with Crippen molar-refractivity contribution in [3.05, 3.63) is 42.0 Å². The molecule has 0 aromatic heterocycles. The Morgan fingerprint density at radius 1 is 1.30 bits per heavy atom. The van der Waals surface area contributed by atoms with Gasteiger partial charge in [-0.1, -0.05) is 24.8 Å². The van der Waals surface area contributed by atoms with Crippen LogP contribution in [-0.2, 0) is 14.3 Å². The first-order chi connectivity index (χ1) is 11.0. The summed E-state index contributed by atoms with van der Waals surface area (Å²) in [7, 11) is 0. The SMILES string of the molecule is C=C1c2ccccc2C(=O)N1CC(=O)N1CCOCC1C(=O)O. The van der Waals surface area contributed by atoms with Crippen molar-refractivity contribution < 1.29 is 24.2 Å². The Kier molecular flexibility index (Phi) is 3.87. The van der Waals surface area contributed by atoms with Crippen molar-refractivity contribution in [3.8, 4) is 0 Å². The van der Waals surface area contributed by atoms with E-state index < -0.39 is 17.9 Å². The predicted molar refractivity (Wildman–Crippen MR) is 80.5 cm³/mol.